The Morgan fingerprint density at radius 3 is 2.82 bits per heavy atom. The van der Waals surface area contributed by atoms with Crippen molar-refractivity contribution in [1.82, 2.24) is 9.97 Å². The molecule has 4 nitrogen and oxygen atoms in total. The highest BCUT2D eigenvalue weighted by Gasteiger charge is 2.33. The SMILES string of the molecule is FC(F)(F)c1cnc(N2CCO[C@@H](c3nccs3)C2)c(Cl)c1. The number of rotatable bonds is 2. The van der Waals surface area contributed by atoms with Crippen molar-refractivity contribution in [3.05, 3.63) is 39.4 Å². The quantitative estimate of drug-likeness (QED) is 0.827. The molecule has 1 fully saturated rings. The highest BCUT2D eigenvalue weighted by atomic mass is 35.5. The van der Waals surface area contributed by atoms with Crippen LogP contribution in [-0.2, 0) is 10.9 Å². The van der Waals surface area contributed by atoms with Crippen LogP contribution in [0.1, 0.15) is 16.7 Å². The molecule has 22 heavy (non-hydrogen) atoms. The predicted molar refractivity (Wildman–Crippen MR) is 77.3 cm³/mol. The van der Waals surface area contributed by atoms with Gasteiger partial charge >= 0.3 is 6.18 Å². The van der Waals surface area contributed by atoms with Crippen molar-refractivity contribution in [1.29, 1.82) is 0 Å². The molecule has 0 aliphatic carbocycles. The van der Waals surface area contributed by atoms with Crippen LogP contribution in [-0.4, -0.2) is 29.7 Å². The highest BCUT2D eigenvalue weighted by Crippen LogP contribution is 2.35. The molecule has 0 radical (unpaired) electrons. The lowest BCUT2D eigenvalue weighted by atomic mass is 10.2. The van der Waals surface area contributed by atoms with Gasteiger partial charge in [0.1, 0.15) is 16.9 Å². The first kappa shape index (κ1) is 15.5. The molecule has 9 heteroatoms. The van der Waals surface area contributed by atoms with E-state index in [0.29, 0.717) is 25.5 Å². The maximum Gasteiger partial charge on any atom is 0.417 e. The van der Waals surface area contributed by atoms with Gasteiger partial charge in [-0.2, -0.15) is 13.2 Å². The molecule has 1 saturated heterocycles. The van der Waals surface area contributed by atoms with Crippen LogP contribution in [0.2, 0.25) is 5.02 Å². The number of ether oxygens (including phenoxy) is 1. The summed E-state index contributed by atoms with van der Waals surface area (Å²) in [5, 5.41) is 2.66. The van der Waals surface area contributed by atoms with Crippen LogP contribution >= 0.6 is 22.9 Å². The molecule has 1 atom stereocenters. The normalized spacial score (nSPS) is 19.5. The number of hydrogen-bond acceptors (Lipinski definition) is 5. The van der Waals surface area contributed by atoms with E-state index in [0.717, 1.165) is 17.3 Å². The zero-order valence-electron chi connectivity index (χ0n) is 11.2. The van der Waals surface area contributed by atoms with E-state index in [9.17, 15) is 13.2 Å². The van der Waals surface area contributed by atoms with E-state index in [-0.39, 0.29) is 11.1 Å². The Labute approximate surface area is 133 Å². The summed E-state index contributed by atoms with van der Waals surface area (Å²) in [5.41, 5.74) is -0.856. The Morgan fingerprint density at radius 1 is 1.36 bits per heavy atom. The summed E-state index contributed by atoms with van der Waals surface area (Å²) in [6, 6.07) is 0.901. The van der Waals surface area contributed by atoms with Crippen molar-refractivity contribution in [2.24, 2.45) is 0 Å². The first-order chi connectivity index (χ1) is 10.4. The molecular weight excluding hydrogens is 339 g/mol. The zero-order chi connectivity index (χ0) is 15.7. The number of thiazole rings is 1. The summed E-state index contributed by atoms with van der Waals surface area (Å²) in [6.45, 7) is 1.40. The summed E-state index contributed by atoms with van der Waals surface area (Å²) in [6.07, 6.45) is -2.20. The van der Waals surface area contributed by atoms with Crippen LogP contribution < -0.4 is 4.90 Å². The maximum atomic E-state index is 12.7. The van der Waals surface area contributed by atoms with Gasteiger partial charge in [-0.1, -0.05) is 11.6 Å². The van der Waals surface area contributed by atoms with E-state index in [1.807, 2.05) is 10.3 Å². The smallest absolute Gasteiger partial charge is 0.367 e. The second kappa shape index (κ2) is 6.02. The van der Waals surface area contributed by atoms with E-state index in [1.165, 1.54) is 11.3 Å². The number of pyridine rings is 1. The lowest BCUT2D eigenvalue weighted by molar-refractivity contribution is -0.137. The molecule has 118 valence electrons. The molecule has 3 heterocycles. The Kier molecular flexibility index (Phi) is 4.24. The largest absolute Gasteiger partial charge is 0.417 e. The molecular formula is C13H11ClF3N3OS. The van der Waals surface area contributed by atoms with E-state index in [4.69, 9.17) is 16.3 Å². The van der Waals surface area contributed by atoms with Gasteiger partial charge in [-0.25, -0.2) is 9.97 Å². The Balaban J connectivity index is 1.82. The minimum atomic E-state index is -4.45. The fraction of sp³-hybridized carbons (Fsp3) is 0.385. The van der Waals surface area contributed by atoms with Gasteiger partial charge in [0.25, 0.3) is 0 Å². The summed E-state index contributed by atoms with van der Waals surface area (Å²) < 4.78 is 43.6. The zero-order valence-corrected chi connectivity index (χ0v) is 12.8. The average Bonchev–Trinajstić information content (AvgIpc) is 3.00. The number of alkyl halides is 3. The van der Waals surface area contributed by atoms with Crippen LogP contribution in [0, 0.1) is 0 Å². The number of halogens is 4. The Hall–Kier alpha value is -1.38. The number of aromatic nitrogens is 2. The van der Waals surface area contributed by atoms with Crippen LogP contribution in [0.25, 0.3) is 0 Å². The van der Waals surface area contributed by atoms with Crippen LogP contribution in [0.5, 0.6) is 0 Å². The van der Waals surface area contributed by atoms with Gasteiger partial charge in [0, 0.05) is 24.3 Å². The molecule has 0 unspecified atom stereocenters. The van der Waals surface area contributed by atoms with Crippen molar-refractivity contribution in [3.63, 3.8) is 0 Å². The van der Waals surface area contributed by atoms with Gasteiger partial charge in [0.05, 0.1) is 23.7 Å². The molecule has 0 N–H and O–H groups in total. The number of anilines is 1. The number of hydrogen-bond donors (Lipinski definition) is 0. The van der Waals surface area contributed by atoms with Crippen molar-refractivity contribution in [2.75, 3.05) is 24.6 Å². The molecule has 2 aromatic rings. The number of nitrogens with zero attached hydrogens (tertiary/aromatic N) is 3. The fourth-order valence-corrected chi connectivity index (χ4v) is 3.17. The summed E-state index contributed by atoms with van der Waals surface area (Å²) in [4.78, 5) is 9.90. The third-order valence-corrected chi connectivity index (χ3v) is 4.39. The van der Waals surface area contributed by atoms with Gasteiger partial charge in [0.15, 0.2) is 0 Å². The van der Waals surface area contributed by atoms with Crippen LogP contribution in [0.3, 0.4) is 0 Å². The van der Waals surface area contributed by atoms with Gasteiger partial charge < -0.3 is 9.64 Å². The molecule has 1 aliphatic heterocycles. The summed E-state index contributed by atoms with van der Waals surface area (Å²) in [5.74, 6) is 0.333. The van der Waals surface area contributed by atoms with Crippen molar-refractivity contribution in [3.8, 4) is 0 Å². The summed E-state index contributed by atoms with van der Waals surface area (Å²) >= 11 is 7.46. The molecule has 0 bridgehead atoms. The predicted octanol–water partition coefficient (Wildman–Crippen LogP) is 3.79. The molecule has 1 aliphatic rings. The van der Waals surface area contributed by atoms with Crippen LogP contribution in [0.15, 0.2) is 23.8 Å². The topological polar surface area (TPSA) is 38.2 Å². The lowest BCUT2D eigenvalue weighted by Gasteiger charge is -2.33. The first-order valence-electron chi connectivity index (χ1n) is 6.44. The number of morpholine rings is 1. The molecule has 0 saturated carbocycles. The lowest BCUT2D eigenvalue weighted by Crippen LogP contribution is -2.39. The third kappa shape index (κ3) is 3.18. The van der Waals surface area contributed by atoms with Gasteiger partial charge in [0.2, 0.25) is 0 Å². The van der Waals surface area contributed by atoms with E-state index in [2.05, 4.69) is 9.97 Å². The Morgan fingerprint density at radius 2 is 2.18 bits per heavy atom. The third-order valence-electron chi connectivity index (χ3n) is 3.24. The monoisotopic (exact) mass is 349 g/mol. The molecule has 3 rings (SSSR count). The minimum absolute atomic E-state index is 0.0189. The van der Waals surface area contributed by atoms with Gasteiger partial charge in [-0.15, -0.1) is 11.3 Å². The van der Waals surface area contributed by atoms with Crippen LogP contribution in [0.4, 0.5) is 19.0 Å². The summed E-state index contributed by atoms with van der Waals surface area (Å²) in [7, 11) is 0. The maximum absolute atomic E-state index is 12.7. The average molecular weight is 350 g/mol. The van der Waals surface area contributed by atoms with E-state index in [1.54, 1.807) is 6.20 Å². The highest BCUT2D eigenvalue weighted by molar-refractivity contribution is 7.09. The minimum Gasteiger partial charge on any atom is -0.367 e. The first-order valence-corrected chi connectivity index (χ1v) is 7.69. The van der Waals surface area contributed by atoms with E-state index < -0.39 is 11.7 Å². The second-order valence-electron chi connectivity index (χ2n) is 4.70. The van der Waals surface area contributed by atoms with Crippen molar-refractivity contribution < 1.29 is 17.9 Å². The van der Waals surface area contributed by atoms with E-state index >= 15 is 0 Å². The fourth-order valence-electron chi connectivity index (χ4n) is 2.20. The van der Waals surface area contributed by atoms with Gasteiger partial charge in [-0.05, 0) is 6.07 Å². The standard InChI is InChI=1S/C13H11ClF3N3OS/c14-9-5-8(13(15,16)17)6-19-11(9)20-2-3-21-10(7-20)12-18-1-4-22-12/h1,4-6,10H,2-3,7H2/t10-/m1/s1. The molecule has 0 amide bonds. The molecule has 0 spiro atoms. The van der Waals surface area contributed by atoms with Gasteiger partial charge in [-0.3, -0.25) is 0 Å². The van der Waals surface area contributed by atoms with Crippen molar-refractivity contribution >= 4 is 28.8 Å². The van der Waals surface area contributed by atoms with Crippen molar-refractivity contribution in [2.45, 2.75) is 12.3 Å². The molecule has 0 aromatic carbocycles. The molecule has 2 aromatic heterocycles. The second-order valence-corrected chi connectivity index (χ2v) is 6.04. The Bertz CT molecular complexity index is 650.